The van der Waals surface area contributed by atoms with E-state index in [0.717, 1.165) is 42.8 Å². The van der Waals surface area contributed by atoms with E-state index >= 15 is 0 Å². The molecule has 0 amide bonds. The second-order valence-electron chi connectivity index (χ2n) is 5.68. The van der Waals surface area contributed by atoms with Crippen molar-refractivity contribution in [2.75, 3.05) is 32.8 Å². The Kier molecular flexibility index (Phi) is 7.54. The summed E-state index contributed by atoms with van der Waals surface area (Å²) < 4.78 is 7.04. The fourth-order valence-electron chi connectivity index (χ4n) is 2.66. The molecule has 0 spiro atoms. The summed E-state index contributed by atoms with van der Waals surface area (Å²) in [7, 11) is 0. The van der Waals surface area contributed by atoms with E-state index in [2.05, 4.69) is 45.2 Å². The molecule has 0 aromatic heterocycles. The van der Waals surface area contributed by atoms with Gasteiger partial charge in [-0.05, 0) is 69.1 Å². The summed E-state index contributed by atoms with van der Waals surface area (Å²) in [5.74, 6) is 0.980. The maximum atomic E-state index is 5.89. The molecule has 2 rings (SSSR count). The first-order chi connectivity index (χ1) is 10.3. The molecule has 21 heavy (non-hydrogen) atoms. The molecular weight excluding hydrogens is 328 g/mol. The Morgan fingerprint density at radius 2 is 2.10 bits per heavy atom. The van der Waals surface area contributed by atoms with Crippen LogP contribution in [0.5, 0.6) is 5.75 Å². The van der Waals surface area contributed by atoms with Gasteiger partial charge in [-0.2, -0.15) is 0 Å². The van der Waals surface area contributed by atoms with Gasteiger partial charge in [-0.3, -0.25) is 0 Å². The predicted molar refractivity (Wildman–Crippen MR) is 91.9 cm³/mol. The molecule has 1 aromatic carbocycles. The minimum atomic E-state index is 0.806. The van der Waals surface area contributed by atoms with E-state index in [1.807, 2.05) is 6.07 Å². The molecule has 0 aliphatic carbocycles. The lowest BCUT2D eigenvalue weighted by molar-refractivity contribution is 0.263. The van der Waals surface area contributed by atoms with Crippen molar-refractivity contribution in [2.24, 2.45) is 0 Å². The number of hydrogen-bond donors (Lipinski definition) is 1. The Morgan fingerprint density at radius 3 is 2.86 bits per heavy atom. The Bertz CT molecular complexity index is 419. The summed E-state index contributed by atoms with van der Waals surface area (Å²) in [5.41, 5.74) is 1.26. The highest BCUT2D eigenvalue weighted by Crippen LogP contribution is 2.22. The number of halogens is 1. The van der Waals surface area contributed by atoms with Gasteiger partial charge in [-0.15, -0.1) is 0 Å². The van der Waals surface area contributed by atoms with Crippen LogP contribution in [0.15, 0.2) is 22.7 Å². The number of benzene rings is 1. The van der Waals surface area contributed by atoms with E-state index in [0.29, 0.717) is 0 Å². The van der Waals surface area contributed by atoms with E-state index in [1.165, 1.54) is 38.0 Å². The summed E-state index contributed by atoms with van der Waals surface area (Å²) in [4.78, 5) is 2.53. The van der Waals surface area contributed by atoms with Gasteiger partial charge in [0.15, 0.2) is 0 Å². The Balaban J connectivity index is 1.72. The number of hydrogen-bond acceptors (Lipinski definition) is 3. The molecule has 4 heteroatoms. The lowest BCUT2D eigenvalue weighted by Gasteiger charge is -2.15. The van der Waals surface area contributed by atoms with Crippen molar-refractivity contribution in [1.82, 2.24) is 10.2 Å². The number of likely N-dealkylation sites (tertiary alicyclic amines) is 1. The zero-order valence-electron chi connectivity index (χ0n) is 13.0. The lowest BCUT2D eigenvalue weighted by atomic mass is 10.2. The molecule has 1 saturated heterocycles. The number of nitrogens with zero attached hydrogens (tertiary/aromatic N) is 1. The highest BCUT2D eigenvalue weighted by molar-refractivity contribution is 9.10. The molecule has 1 aromatic rings. The van der Waals surface area contributed by atoms with Crippen LogP contribution in [0.3, 0.4) is 0 Å². The molecule has 0 saturated carbocycles. The van der Waals surface area contributed by atoms with E-state index in [4.69, 9.17) is 4.74 Å². The second kappa shape index (κ2) is 9.44. The van der Waals surface area contributed by atoms with E-state index in [1.54, 1.807) is 0 Å². The molecule has 1 fully saturated rings. The maximum absolute atomic E-state index is 5.89. The summed E-state index contributed by atoms with van der Waals surface area (Å²) in [6.07, 6.45) is 4.99. The smallest absolute Gasteiger partial charge is 0.119 e. The summed E-state index contributed by atoms with van der Waals surface area (Å²) in [5, 5.41) is 3.43. The van der Waals surface area contributed by atoms with Gasteiger partial charge in [0.1, 0.15) is 5.75 Å². The average Bonchev–Trinajstić information content (AvgIpc) is 3.00. The monoisotopic (exact) mass is 354 g/mol. The molecule has 0 atom stereocenters. The molecule has 1 aliphatic heterocycles. The fraction of sp³-hybridized carbons (Fsp3) is 0.647. The molecule has 0 radical (unpaired) electrons. The van der Waals surface area contributed by atoms with Crippen LogP contribution in [0, 0.1) is 0 Å². The second-order valence-corrected chi connectivity index (χ2v) is 6.54. The van der Waals surface area contributed by atoms with Crippen LogP contribution in [0.2, 0.25) is 0 Å². The molecule has 1 aliphatic rings. The van der Waals surface area contributed by atoms with Crippen LogP contribution in [0.4, 0.5) is 0 Å². The number of nitrogens with one attached hydrogen (secondary N) is 1. The Labute approximate surface area is 137 Å². The Morgan fingerprint density at radius 1 is 1.29 bits per heavy atom. The van der Waals surface area contributed by atoms with Gasteiger partial charge < -0.3 is 15.0 Å². The minimum Gasteiger partial charge on any atom is -0.494 e. The largest absolute Gasteiger partial charge is 0.494 e. The van der Waals surface area contributed by atoms with Crippen LogP contribution >= 0.6 is 15.9 Å². The van der Waals surface area contributed by atoms with Crippen molar-refractivity contribution in [1.29, 1.82) is 0 Å². The van der Waals surface area contributed by atoms with Gasteiger partial charge in [0.05, 0.1) is 6.61 Å². The van der Waals surface area contributed by atoms with Crippen molar-refractivity contribution >= 4 is 15.9 Å². The Hall–Kier alpha value is -0.580. The normalized spacial score (nSPS) is 15.5. The zero-order chi connectivity index (χ0) is 14.9. The third-order valence-corrected chi connectivity index (χ3v) is 4.62. The SMILES string of the molecule is CCCNCc1cc(OCCCN2CCCC2)ccc1Br. The van der Waals surface area contributed by atoms with Gasteiger partial charge in [0.2, 0.25) is 0 Å². The van der Waals surface area contributed by atoms with Crippen LogP contribution in [0.25, 0.3) is 0 Å². The van der Waals surface area contributed by atoms with Crippen molar-refractivity contribution in [2.45, 2.75) is 39.2 Å². The first-order valence-corrected chi connectivity index (χ1v) is 8.93. The highest BCUT2D eigenvalue weighted by atomic mass is 79.9. The molecule has 3 nitrogen and oxygen atoms in total. The average molecular weight is 355 g/mol. The van der Waals surface area contributed by atoms with E-state index in [-0.39, 0.29) is 0 Å². The van der Waals surface area contributed by atoms with Crippen LogP contribution < -0.4 is 10.1 Å². The van der Waals surface area contributed by atoms with Gasteiger partial charge in [0.25, 0.3) is 0 Å². The van der Waals surface area contributed by atoms with E-state index in [9.17, 15) is 0 Å². The van der Waals surface area contributed by atoms with Gasteiger partial charge in [0, 0.05) is 17.6 Å². The van der Waals surface area contributed by atoms with Crippen molar-refractivity contribution in [3.63, 3.8) is 0 Å². The van der Waals surface area contributed by atoms with Crippen LogP contribution in [0.1, 0.15) is 38.2 Å². The summed E-state index contributed by atoms with van der Waals surface area (Å²) in [6, 6.07) is 6.27. The molecule has 1 N–H and O–H groups in total. The third-order valence-electron chi connectivity index (χ3n) is 3.85. The van der Waals surface area contributed by atoms with Crippen molar-refractivity contribution in [3.05, 3.63) is 28.2 Å². The fourth-order valence-corrected chi connectivity index (χ4v) is 3.05. The van der Waals surface area contributed by atoms with Crippen molar-refractivity contribution < 1.29 is 4.74 Å². The molecule has 118 valence electrons. The molecular formula is C17H27BrN2O. The summed E-state index contributed by atoms with van der Waals surface area (Å²) >= 11 is 3.61. The first-order valence-electron chi connectivity index (χ1n) is 8.14. The number of rotatable bonds is 9. The number of ether oxygens (including phenoxy) is 1. The lowest BCUT2D eigenvalue weighted by Crippen LogP contribution is -2.21. The first kappa shape index (κ1) is 16.8. The molecule has 1 heterocycles. The molecule has 0 bridgehead atoms. The quantitative estimate of drug-likeness (QED) is 0.682. The summed E-state index contributed by atoms with van der Waals surface area (Å²) in [6.45, 7) is 8.63. The highest BCUT2D eigenvalue weighted by Gasteiger charge is 2.10. The minimum absolute atomic E-state index is 0.806. The standard InChI is InChI=1S/C17H27BrN2O/c1-2-8-19-14-15-13-16(6-7-17(15)18)21-12-5-11-20-9-3-4-10-20/h6-7,13,19H,2-5,8-12,14H2,1H3. The van der Waals surface area contributed by atoms with E-state index < -0.39 is 0 Å². The maximum Gasteiger partial charge on any atom is 0.119 e. The topological polar surface area (TPSA) is 24.5 Å². The third kappa shape index (κ3) is 5.97. The van der Waals surface area contributed by atoms with Crippen LogP contribution in [-0.4, -0.2) is 37.7 Å². The van der Waals surface area contributed by atoms with Gasteiger partial charge in [-0.1, -0.05) is 22.9 Å². The molecule has 0 unspecified atom stereocenters. The zero-order valence-corrected chi connectivity index (χ0v) is 14.6. The van der Waals surface area contributed by atoms with Crippen LogP contribution in [-0.2, 0) is 6.54 Å². The van der Waals surface area contributed by atoms with Crippen molar-refractivity contribution in [3.8, 4) is 5.75 Å². The predicted octanol–water partition coefficient (Wildman–Crippen LogP) is 3.81. The van der Waals surface area contributed by atoms with Gasteiger partial charge in [-0.25, -0.2) is 0 Å². The van der Waals surface area contributed by atoms with Gasteiger partial charge >= 0.3 is 0 Å².